The molecule has 11 nitrogen and oxygen atoms in total. The number of aliphatic hydroxyl groups excluding tert-OH is 2. The summed E-state index contributed by atoms with van der Waals surface area (Å²) in [5, 5.41) is 22.6. The number of aliphatic hydroxyl groups is 2. The summed E-state index contributed by atoms with van der Waals surface area (Å²) in [7, 11) is 0. The number of esters is 1. The van der Waals surface area contributed by atoms with E-state index in [1.807, 2.05) is 13.8 Å². The highest BCUT2D eigenvalue weighted by molar-refractivity contribution is 5.83. The van der Waals surface area contributed by atoms with Crippen molar-refractivity contribution in [2.24, 2.45) is 0 Å². The van der Waals surface area contributed by atoms with Crippen LogP contribution in [0.1, 0.15) is 65.0 Å². The molecular weight excluding hydrogens is 441 g/mol. The minimum absolute atomic E-state index is 0.140. The Kier molecular flexibility index (Phi) is 10.7. The first-order valence-corrected chi connectivity index (χ1v) is 11.2. The van der Waals surface area contributed by atoms with Crippen molar-refractivity contribution in [3.05, 3.63) is 22.5 Å². The fourth-order valence-electron chi connectivity index (χ4n) is 3.25. The summed E-state index contributed by atoms with van der Waals surface area (Å²) >= 11 is 0. The van der Waals surface area contributed by atoms with Crippen molar-refractivity contribution in [2.75, 3.05) is 18.5 Å². The van der Waals surface area contributed by atoms with E-state index in [0.717, 1.165) is 25.7 Å². The third-order valence-electron chi connectivity index (χ3n) is 5.10. The van der Waals surface area contributed by atoms with Crippen LogP contribution in [0.25, 0.3) is 0 Å². The minimum Gasteiger partial charge on any atom is -0.466 e. The van der Waals surface area contributed by atoms with Crippen molar-refractivity contribution in [1.82, 2.24) is 9.55 Å². The summed E-state index contributed by atoms with van der Waals surface area (Å²) in [5.41, 5.74) is -1.04. The van der Waals surface area contributed by atoms with E-state index in [0.29, 0.717) is 23.6 Å². The first kappa shape index (κ1) is 26.7. The Balaban J connectivity index is 2.00. The lowest BCUT2D eigenvalue weighted by Crippen LogP contribution is -2.36. The van der Waals surface area contributed by atoms with Crippen LogP contribution < -0.4 is 11.0 Å². The van der Waals surface area contributed by atoms with E-state index in [2.05, 4.69) is 10.3 Å². The van der Waals surface area contributed by atoms with Gasteiger partial charge in [0.15, 0.2) is 17.9 Å². The molecule has 33 heavy (non-hydrogen) atoms. The molecule has 0 aliphatic carbocycles. The molecule has 1 aromatic heterocycles. The zero-order valence-electron chi connectivity index (χ0n) is 18.9. The van der Waals surface area contributed by atoms with Gasteiger partial charge in [0.05, 0.1) is 31.9 Å². The highest BCUT2D eigenvalue weighted by atomic mass is 19.1. The SMILES string of the molecule is CCCCCOC(=O)C[C@H]1O[C@@H](n2cc(F)c(NC(=O)OCCCCC)nc2=O)[C@H](O)[C@@H]1O. The van der Waals surface area contributed by atoms with Gasteiger partial charge in [-0.2, -0.15) is 4.98 Å². The molecule has 0 radical (unpaired) electrons. The summed E-state index contributed by atoms with van der Waals surface area (Å²) in [5.74, 6) is -2.35. The van der Waals surface area contributed by atoms with E-state index in [1.54, 1.807) is 0 Å². The number of carbonyl (C=O) groups is 2. The van der Waals surface area contributed by atoms with E-state index < -0.39 is 53.9 Å². The molecule has 3 N–H and O–H groups in total. The van der Waals surface area contributed by atoms with Crippen LogP contribution in [0.4, 0.5) is 15.0 Å². The number of nitrogens with one attached hydrogen (secondary N) is 1. The van der Waals surface area contributed by atoms with Crippen LogP contribution in [-0.4, -0.2) is 63.4 Å². The molecule has 2 rings (SSSR count). The summed E-state index contributed by atoms with van der Waals surface area (Å²) in [4.78, 5) is 39.5. The van der Waals surface area contributed by atoms with E-state index in [1.165, 1.54) is 0 Å². The average molecular weight is 473 g/mol. The van der Waals surface area contributed by atoms with Crippen LogP contribution >= 0.6 is 0 Å². The van der Waals surface area contributed by atoms with Crippen LogP contribution in [0.3, 0.4) is 0 Å². The Morgan fingerprint density at radius 3 is 2.39 bits per heavy atom. The average Bonchev–Trinajstić information content (AvgIpc) is 3.05. The molecular formula is C21H32FN3O8. The lowest BCUT2D eigenvalue weighted by Gasteiger charge is -2.17. The van der Waals surface area contributed by atoms with Gasteiger partial charge in [-0.15, -0.1) is 0 Å². The summed E-state index contributed by atoms with van der Waals surface area (Å²) in [6.07, 6.45) is -1.38. The van der Waals surface area contributed by atoms with Gasteiger partial charge in [-0.05, 0) is 12.8 Å². The molecule has 0 aromatic carbocycles. The molecule has 1 aromatic rings. The van der Waals surface area contributed by atoms with Crippen molar-refractivity contribution < 1.29 is 38.4 Å². The molecule has 1 fully saturated rings. The fourth-order valence-corrected chi connectivity index (χ4v) is 3.25. The maximum absolute atomic E-state index is 14.5. The van der Waals surface area contributed by atoms with Crippen molar-refractivity contribution in [3.8, 4) is 0 Å². The lowest BCUT2D eigenvalue weighted by molar-refractivity contribution is -0.148. The molecule has 1 aliphatic heterocycles. The number of ether oxygens (including phenoxy) is 3. The fraction of sp³-hybridized carbons (Fsp3) is 0.714. The topological polar surface area (TPSA) is 149 Å². The number of rotatable bonds is 12. The Morgan fingerprint density at radius 2 is 1.76 bits per heavy atom. The number of nitrogens with zero attached hydrogens (tertiary/aromatic N) is 2. The number of aromatic nitrogens is 2. The van der Waals surface area contributed by atoms with E-state index in [-0.39, 0.29) is 19.6 Å². The standard InChI is InChI=1S/C21H32FN3O8/c1-3-5-7-9-31-15(26)11-14-16(27)17(28)19(33-14)25-12-13(22)18(23-20(25)29)24-21(30)32-10-8-6-4-2/h12,14,16-17,19,27-28H,3-11H2,1-2H3,(H,23,24,29,30)/t14-,16-,17-,19-/m1/s1. The van der Waals surface area contributed by atoms with Gasteiger partial charge in [-0.3, -0.25) is 14.7 Å². The number of unbranched alkanes of at least 4 members (excludes halogenated alkanes) is 4. The smallest absolute Gasteiger partial charge is 0.412 e. The summed E-state index contributed by atoms with van der Waals surface area (Å²) in [6, 6.07) is 0. The monoisotopic (exact) mass is 473 g/mol. The predicted octanol–water partition coefficient (Wildman–Crippen LogP) is 1.86. The van der Waals surface area contributed by atoms with Gasteiger partial charge in [0, 0.05) is 0 Å². The largest absolute Gasteiger partial charge is 0.466 e. The highest BCUT2D eigenvalue weighted by Gasteiger charge is 2.45. The van der Waals surface area contributed by atoms with Crippen LogP contribution in [0.2, 0.25) is 0 Å². The van der Waals surface area contributed by atoms with Crippen molar-refractivity contribution in [3.63, 3.8) is 0 Å². The molecule has 12 heteroatoms. The van der Waals surface area contributed by atoms with Gasteiger partial charge >= 0.3 is 17.8 Å². The second-order valence-corrected chi connectivity index (χ2v) is 7.77. The van der Waals surface area contributed by atoms with Crippen molar-refractivity contribution >= 4 is 17.9 Å². The van der Waals surface area contributed by atoms with Crippen LogP contribution in [0.15, 0.2) is 11.0 Å². The molecule has 186 valence electrons. The molecule has 0 spiro atoms. The third-order valence-corrected chi connectivity index (χ3v) is 5.10. The zero-order valence-corrected chi connectivity index (χ0v) is 18.9. The molecule has 0 saturated carbocycles. The van der Waals surface area contributed by atoms with Crippen LogP contribution in [0, 0.1) is 5.82 Å². The van der Waals surface area contributed by atoms with E-state index >= 15 is 0 Å². The number of hydrogen-bond donors (Lipinski definition) is 3. The van der Waals surface area contributed by atoms with Crippen molar-refractivity contribution in [1.29, 1.82) is 0 Å². The number of carbonyl (C=O) groups excluding carboxylic acids is 2. The first-order valence-electron chi connectivity index (χ1n) is 11.2. The maximum atomic E-state index is 14.5. The number of halogens is 1. The lowest BCUT2D eigenvalue weighted by atomic mass is 10.1. The Bertz CT molecular complexity index is 849. The van der Waals surface area contributed by atoms with Gasteiger partial charge in [0.2, 0.25) is 0 Å². The number of anilines is 1. The van der Waals surface area contributed by atoms with Crippen LogP contribution in [-0.2, 0) is 19.0 Å². The molecule has 4 atom stereocenters. The number of hydrogen-bond acceptors (Lipinski definition) is 9. The molecule has 1 aliphatic rings. The highest BCUT2D eigenvalue weighted by Crippen LogP contribution is 2.30. The second kappa shape index (κ2) is 13.2. The maximum Gasteiger partial charge on any atom is 0.412 e. The van der Waals surface area contributed by atoms with Gasteiger partial charge in [-0.25, -0.2) is 14.0 Å². The zero-order chi connectivity index (χ0) is 24.4. The van der Waals surface area contributed by atoms with Crippen molar-refractivity contribution in [2.45, 2.75) is 83.3 Å². The predicted molar refractivity (Wildman–Crippen MR) is 114 cm³/mol. The summed E-state index contributed by atoms with van der Waals surface area (Å²) in [6.45, 7) is 4.36. The number of amides is 1. The van der Waals surface area contributed by atoms with E-state index in [9.17, 15) is 29.0 Å². The van der Waals surface area contributed by atoms with E-state index in [4.69, 9.17) is 14.2 Å². The minimum atomic E-state index is -1.62. The van der Waals surface area contributed by atoms with Gasteiger partial charge < -0.3 is 24.4 Å². The second-order valence-electron chi connectivity index (χ2n) is 7.77. The molecule has 1 amide bonds. The molecule has 0 bridgehead atoms. The Hall–Kier alpha value is -2.57. The quantitative estimate of drug-likeness (QED) is 0.305. The van der Waals surface area contributed by atoms with Gasteiger partial charge in [0.1, 0.15) is 12.2 Å². The normalized spacial score (nSPS) is 22.2. The molecule has 1 saturated heterocycles. The molecule has 2 heterocycles. The van der Waals surface area contributed by atoms with Gasteiger partial charge in [0.25, 0.3) is 0 Å². The summed E-state index contributed by atoms with van der Waals surface area (Å²) < 4.78 is 30.5. The Morgan fingerprint density at radius 1 is 1.12 bits per heavy atom. The first-order chi connectivity index (χ1) is 15.8. The molecule has 0 unspecified atom stereocenters. The van der Waals surface area contributed by atoms with Crippen LogP contribution in [0.5, 0.6) is 0 Å². The van der Waals surface area contributed by atoms with Gasteiger partial charge in [-0.1, -0.05) is 39.5 Å². The Labute approximate surface area is 190 Å². The third kappa shape index (κ3) is 7.76.